The number of aromatic nitrogens is 1. The molecule has 0 aliphatic carbocycles. The number of aryl methyl sites for hydroxylation is 1. The van der Waals surface area contributed by atoms with Gasteiger partial charge in [-0.25, -0.2) is 0 Å². The predicted molar refractivity (Wildman–Crippen MR) is 84.9 cm³/mol. The number of nitrogens with two attached hydrogens (primary N) is 1. The van der Waals surface area contributed by atoms with Crippen LogP contribution in [-0.4, -0.2) is 11.1 Å². The second-order valence-electron chi connectivity index (χ2n) is 5.12. The van der Waals surface area contributed by atoms with E-state index < -0.39 is 0 Å². The van der Waals surface area contributed by atoms with Gasteiger partial charge >= 0.3 is 0 Å². The predicted octanol–water partition coefficient (Wildman–Crippen LogP) is 3.99. The maximum atomic E-state index is 6.36. The fourth-order valence-electron chi connectivity index (χ4n) is 2.02. The Balaban J connectivity index is 2.33. The molecule has 0 amide bonds. The van der Waals surface area contributed by atoms with E-state index in [9.17, 15) is 0 Å². The van der Waals surface area contributed by atoms with Crippen LogP contribution in [0.4, 0.5) is 0 Å². The molecule has 0 saturated heterocycles. The molecule has 1 aromatic carbocycles. The van der Waals surface area contributed by atoms with Crippen molar-refractivity contribution in [3.05, 3.63) is 57.8 Å². The number of nitrogens with zero attached hydrogens (tertiary/aromatic N) is 1. The van der Waals surface area contributed by atoms with Crippen LogP contribution in [0.25, 0.3) is 0 Å². The molecule has 20 heavy (non-hydrogen) atoms. The molecule has 0 spiro atoms. The molecular formula is C16H19BrN2O. The molecule has 1 heterocycles. The molecule has 1 atom stereocenters. The third-order valence-corrected chi connectivity index (χ3v) is 3.67. The highest BCUT2D eigenvalue weighted by Crippen LogP contribution is 2.29. The molecule has 1 unspecified atom stereocenters. The summed E-state index contributed by atoms with van der Waals surface area (Å²) in [4.78, 5) is 4.22. The summed E-state index contributed by atoms with van der Waals surface area (Å²) in [5.41, 5.74) is 9.53. The van der Waals surface area contributed by atoms with Gasteiger partial charge < -0.3 is 10.5 Å². The Labute approximate surface area is 128 Å². The summed E-state index contributed by atoms with van der Waals surface area (Å²) in [6.07, 6.45) is 3.61. The Morgan fingerprint density at radius 2 is 1.95 bits per heavy atom. The fourth-order valence-corrected chi connectivity index (χ4v) is 2.52. The molecule has 4 heteroatoms. The van der Waals surface area contributed by atoms with Crippen molar-refractivity contribution in [2.24, 2.45) is 5.73 Å². The van der Waals surface area contributed by atoms with Crippen LogP contribution < -0.4 is 10.5 Å². The lowest BCUT2D eigenvalue weighted by atomic mass is 9.99. The molecule has 0 saturated carbocycles. The van der Waals surface area contributed by atoms with Crippen molar-refractivity contribution in [1.29, 1.82) is 0 Å². The summed E-state index contributed by atoms with van der Waals surface area (Å²) in [5.74, 6) is 0.747. The van der Waals surface area contributed by atoms with Gasteiger partial charge in [0.2, 0.25) is 0 Å². The van der Waals surface area contributed by atoms with Crippen molar-refractivity contribution in [2.45, 2.75) is 32.9 Å². The Hall–Kier alpha value is -1.39. The Bertz CT molecular complexity index is 599. The SMILES string of the molecule is Cc1ccc(Br)c(C(N)c2cncc(OC(C)C)c2)c1. The molecular weight excluding hydrogens is 316 g/mol. The van der Waals surface area contributed by atoms with E-state index in [1.165, 1.54) is 5.56 Å². The monoisotopic (exact) mass is 334 g/mol. The zero-order valence-electron chi connectivity index (χ0n) is 11.9. The van der Waals surface area contributed by atoms with Crippen molar-refractivity contribution < 1.29 is 4.74 Å². The van der Waals surface area contributed by atoms with Gasteiger partial charge in [0.05, 0.1) is 18.3 Å². The van der Waals surface area contributed by atoms with Crippen molar-refractivity contribution in [3.63, 3.8) is 0 Å². The molecule has 106 valence electrons. The summed E-state index contributed by atoms with van der Waals surface area (Å²) in [6.45, 7) is 6.03. The fraction of sp³-hybridized carbons (Fsp3) is 0.312. The van der Waals surface area contributed by atoms with E-state index in [0.29, 0.717) is 0 Å². The smallest absolute Gasteiger partial charge is 0.138 e. The number of hydrogen-bond donors (Lipinski definition) is 1. The second-order valence-corrected chi connectivity index (χ2v) is 5.98. The van der Waals surface area contributed by atoms with E-state index in [2.05, 4.69) is 40.0 Å². The van der Waals surface area contributed by atoms with Gasteiger partial charge in [0.15, 0.2) is 0 Å². The minimum atomic E-state index is -0.229. The van der Waals surface area contributed by atoms with E-state index in [-0.39, 0.29) is 12.1 Å². The van der Waals surface area contributed by atoms with E-state index in [4.69, 9.17) is 10.5 Å². The topological polar surface area (TPSA) is 48.1 Å². The number of rotatable bonds is 4. The van der Waals surface area contributed by atoms with Crippen LogP contribution in [0, 0.1) is 6.92 Å². The highest BCUT2D eigenvalue weighted by Gasteiger charge is 2.14. The van der Waals surface area contributed by atoms with Crippen LogP contribution in [-0.2, 0) is 0 Å². The van der Waals surface area contributed by atoms with Crippen molar-refractivity contribution >= 4 is 15.9 Å². The quantitative estimate of drug-likeness (QED) is 0.919. The Morgan fingerprint density at radius 3 is 2.65 bits per heavy atom. The molecule has 0 aliphatic heterocycles. The first kappa shape index (κ1) is 15.0. The lowest BCUT2D eigenvalue weighted by molar-refractivity contribution is 0.241. The molecule has 2 rings (SSSR count). The van der Waals surface area contributed by atoms with E-state index >= 15 is 0 Å². The number of pyridine rings is 1. The van der Waals surface area contributed by atoms with Crippen LogP contribution in [0.15, 0.2) is 41.1 Å². The summed E-state index contributed by atoms with van der Waals surface area (Å²) in [5, 5.41) is 0. The molecule has 0 fully saturated rings. The highest BCUT2D eigenvalue weighted by molar-refractivity contribution is 9.10. The number of halogens is 1. The number of benzene rings is 1. The lowest BCUT2D eigenvalue weighted by Crippen LogP contribution is -2.14. The van der Waals surface area contributed by atoms with Crippen LogP contribution >= 0.6 is 15.9 Å². The van der Waals surface area contributed by atoms with E-state index in [0.717, 1.165) is 21.3 Å². The van der Waals surface area contributed by atoms with Crippen LogP contribution in [0.2, 0.25) is 0 Å². The third kappa shape index (κ3) is 3.58. The Morgan fingerprint density at radius 1 is 1.20 bits per heavy atom. The molecule has 2 aromatic rings. The minimum Gasteiger partial charge on any atom is -0.489 e. The first-order chi connectivity index (χ1) is 9.47. The lowest BCUT2D eigenvalue weighted by Gasteiger charge is -2.16. The largest absolute Gasteiger partial charge is 0.489 e. The average molecular weight is 335 g/mol. The van der Waals surface area contributed by atoms with Gasteiger partial charge in [-0.2, -0.15) is 0 Å². The maximum absolute atomic E-state index is 6.36. The van der Waals surface area contributed by atoms with Crippen molar-refractivity contribution in [1.82, 2.24) is 4.98 Å². The van der Waals surface area contributed by atoms with Gasteiger partial charge in [-0.3, -0.25) is 4.98 Å². The van der Waals surface area contributed by atoms with Gasteiger partial charge in [0, 0.05) is 10.7 Å². The first-order valence-electron chi connectivity index (χ1n) is 6.60. The molecule has 1 aromatic heterocycles. The second kappa shape index (κ2) is 6.37. The van der Waals surface area contributed by atoms with Crippen LogP contribution in [0.3, 0.4) is 0 Å². The third-order valence-electron chi connectivity index (χ3n) is 2.95. The summed E-state index contributed by atoms with van der Waals surface area (Å²) >= 11 is 3.56. The van der Waals surface area contributed by atoms with E-state index in [1.807, 2.05) is 26.0 Å². The highest BCUT2D eigenvalue weighted by atomic mass is 79.9. The summed E-state index contributed by atoms with van der Waals surface area (Å²) in [6, 6.07) is 7.88. The maximum Gasteiger partial charge on any atom is 0.138 e. The van der Waals surface area contributed by atoms with Crippen molar-refractivity contribution in [3.8, 4) is 5.75 Å². The van der Waals surface area contributed by atoms with Crippen molar-refractivity contribution in [2.75, 3.05) is 0 Å². The Kier molecular flexibility index (Phi) is 4.78. The van der Waals surface area contributed by atoms with Gasteiger partial charge in [0.1, 0.15) is 5.75 Å². The normalized spacial score (nSPS) is 12.5. The summed E-state index contributed by atoms with van der Waals surface area (Å²) < 4.78 is 6.67. The number of ether oxygens (including phenoxy) is 1. The molecule has 0 bridgehead atoms. The van der Waals surface area contributed by atoms with Crippen LogP contribution in [0.5, 0.6) is 5.75 Å². The van der Waals surface area contributed by atoms with Gasteiger partial charge in [-0.05, 0) is 44.0 Å². The summed E-state index contributed by atoms with van der Waals surface area (Å²) in [7, 11) is 0. The molecule has 3 nitrogen and oxygen atoms in total. The minimum absolute atomic E-state index is 0.119. The molecule has 0 radical (unpaired) electrons. The van der Waals surface area contributed by atoms with Crippen LogP contribution in [0.1, 0.15) is 36.6 Å². The average Bonchev–Trinajstić information content (AvgIpc) is 2.40. The zero-order chi connectivity index (χ0) is 14.7. The molecule has 2 N–H and O–H groups in total. The zero-order valence-corrected chi connectivity index (χ0v) is 13.5. The van der Waals surface area contributed by atoms with Gasteiger partial charge in [0.25, 0.3) is 0 Å². The van der Waals surface area contributed by atoms with Gasteiger partial charge in [-0.15, -0.1) is 0 Å². The van der Waals surface area contributed by atoms with E-state index in [1.54, 1.807) is 12.4 Å². The molecule has 0 aliphatic rings. The van der Waals surface area contributed by atoms with Gasteiger partial charge in [-0.1, -0.05) is 33.6 Å². The standard InChI is InChI=1S/C16H19BrN2O/c1-10(2)20-13-7-12(8-19-9-13)16(18)14-6-11(3)4-5-15(14)17/h4-10,16H,18H2,1-3H3. The first-order valence-corrected chi connectivity index (χ1v) is 7.40. The number of hydrogen-bond acceptors (Lipinski definition) is 3.